The fourth-order valence-corrected chi connectivity index (χ4v) is 4.01. The first-order valence-corrected chi connectivity index (χ1v) is 11.0. The predicted molar refractivity (Wildman–Crippen MR) is 139 cm³/mol. The molecule has 4 aromatic rings. The minimum Gasteiger partial charge on any atom is -0.455 e. The molecule has 10 heteroatoms. The molecule has 36 heavy (non-hydrogen) atoms. The van der Waals surface area contributed by atoms with Gasteiger partial charge in [0, 0.05) is 68.0 Å². The molecule has 0 aliphatic rings. The third-order valence-electron chi connectivity index (χ3n) is 5.88. The molecule has 0 aliphatic carbocycles. The Kier molecular flexibility index (Phi) is 6.61. The molecule has 3 N–H and O–H groups in total. The second kappa shape index (κ2) is 9.65. The monoisotopic (exact) mass is 495 g/mol. The topological polar surface area (TPSA) is 107 Å². The number of hydrogen-bond donors (Lipinski definition) is 2. The molecule has 0 spiro atoms. The number of pyridine rings is 2. The molecule has 188 valence electrons. The molecule has 0 saturated carbocycles. The number of aromatic amines is 1. The van der Waals surface area contributed by atoms with Gasteiger partial charge < -0.3 is 24.6 Å². The van der Waals surface area contributed by atoms with Gasteiger partial charge in [0.05, 0.1) is 6.20 Å². The van der Waals surface area contributed by atoms with Crippen molar-refractivity contribution < 1.29 is 14.9 Å². The van der Waals surface area contributed by atoms with Crippen molar-refractivity contribution in [3.8, 4) is 22.6 Å². The highest BCUT2D eigenvalue weighted by Crippen LogP contribution is 2.38. The molecule has 0 fully saturated rings. The summed E-state index contributed by atoms with van der Waals surface area (Å²) in [5, 5.41) is 0.470. The zero-order valence-electron chi connectivity index (χ0n) is 20.2. The predicted octanol–water partition coefficient (Wildman–Crippen LogP) is 4.48. The van der Waals surface area contributed by atoms with Crippen LogP contribution in [-0.2, 0) is 14.1 Å². The Hall–Kier alpha value is -4.47. The number of benzene rings is 1. The molecule has 3 aromatic heterocycles. The van der Waals surface area contributed by atoms with Crippen molar-refractivity contribution in [2.75, 3.05) is 0 Å². The van der Waals surface area contributed by atoms with E-state index < -0.39 is 6.55 Å². The minimum absolute atomic E-state index is 0. The number of aryl methyl sites for hydroxylation is 4. The van der Waals surface area contributed by atoms with Crippen LogP contribution in [0.5, 0.6) is 11.5 Å². The van der Waals surface area contributed by atoms with E-state index in [1.165, 1.54) is 15.2 Å². The second-order valence-electron chi connectivity index (χ2n) is 8.43. The molecule has 0 aliphatic heterocycles. The van der Waals surface area contributed by atoms with E-state index in [9.17, 15) is 18.4 Å². The van der Waals surface area contributed by atoms with Gasteiger partial charge in [0.15, 0.2) is 5.75 Å². The van der Waals surface area contributed by atoms with E-state index in [1.807, 2.05) is 32.0 Å². The first-order valence-electron chi connectivity index (χ1n) is 11.0. The van der Waals surface area contributed by atoms with Gasteiger partial charge in [-0.3, -0.25) is 9.59 Å². The molecular weight excluding hydrogens is 468 g/mol. The summed E-state index contributed by atoms with van der Waals surface area (Å²) in [6.45, 7) is 0.945. The van der Waals surface area contributed by atoms with E-state index in [0.717, 1.165) is 23.5 Å². The summed E-state index contributed by atoms with van der Waals surface area (Å²) in [4.78, 5) is 31.6. The van der Waals surface area contributed by atoms with Crippen LogP contribution in [0.3, 0.4) is 0 Å². The Morgan fingerprint density at radius 1 is 1.11 bits per heavy atom. The van der Waals surface area contributed by atoms with Crippen LogP contribution in [0.25, 0.3) is 27.6 Å². The molecule has 0 unspecified atom stereocenters. The molecule has 1 aromatic carbocycles. The number of halogens is 2. The normalized spacial score (nSPS) is 12.2. The lowest BCUT2D eigenvalue weighted by Crippen LogP contribution is -2.18. The standard InChI is InChI=1S/C26H25F2N5O3.H2/c1-14-6-5-7-15(2)24(14)36-21-13-32(3)22(34)9-17(21)19-12-33(4)25(35)23-18(19)8-20(31-23)16(10-29)11-30-26(27)28;/h5-13,26,31H,29H2,1-4H3;1H/b16-10+,30-11+;. The number of H-pyrrole nitrogens is 1. The van der Waals surface area contributed by atoms with E-state index in [2.05, 4.69) is 9.98 Å². The highest BCUT2D eigenvalue weighted by atomic mass is 19.3. The lowest BCUT2D eigenvalue weighted by atomic mass is 10.0. The van der Waals surface area contributed by atoms with Crippen molar-refractivity contribution in [1.29, 1.82) is 0 Å². The van der Waals surface area contributed by atoms with Gasteiger partial charge in [0.25, 0.3) is 11.1 Å². The zero-order valence-corrected chi connectivity index (χ0v) is 20.2. The SMILES string of the molecule is Cc1cccc(C)c1Oc1cn(C)c(=O)cc1-c1cn(C)c(=O)c2[nH]c(C(=C/N)/C=N/C(F)F)cc12.[HH]. The van der Waals surface area contributed by atoms with Crippen LogP contribution in [0.15, 0.2) is 63.5 Å². The number of hydrogen-bond acceptors (Lipinski definition) is 5. The van der Waals surface area contributed by atoms with Crippen molar-refractivity contribution in [1.82, 2.24) is 14.1 Å². The summed E-state index contributed by atoms with van der Waals surface area (Å²) in [5.74, 6) is 1.07. The van der Waals surface area contributed by atoms with Crippen LogP contribution in [0.4, 0.5) is 8.78 Å². The maximum absolute atomic E-state index is 12.9. The van der Waals surface area contributed by atoms with E-state index in [0.29, 0.717) is 33.7 Å². The molecular formula is C26H27F2N5O3. The fraction of sp³-hybridized carbons (Fsp3) is 0.192. The summed E-state index contributed by atoms with van der Waals surface area (Å²) >= 11 is 0. The highest BCUT2D eigenvalue weighted by molar-refractivity contribution is 6.11. The van der Waals surface area contributed by atoms with Crippen LogP contribution in [0.2, 0.25) is 0 Å². The number of ether oxygens (including phenoxy) is 1. The van der Waals surface area contributed by atoms with E-state index in [-0.39, 0.29) is 23.6 Å². The van der Waals surface area contributed by atoms with Gasteiger partial charge in [-0.15, -0.1) is 0 Å². The zero-order chi connectivity index (χ0) is 26.1. The molecule has 8 nitrogen and oxygen atoms in total. The number of nitrogens with one attached hydrogen (secondary N) is 1. The molecule has 0 radical (unpaired) electrons. The molecule has 4 rings (SSSR count). The van der Waals surface area contributed by atoms with Gasteiger partial charge in [-0.05, 0) is 31.0 Å². The third-order valence-corrected chi connectivity index (χ3v) is 5.88. The molecule has 3 heterocycles. The number of para-hydroxylation sites is 1. The number of aliphatic imine (C=N–C) groups is 1. The number of aromatic nitrogens is 3. The molecule has 0 amide bonds. The average molecular weight is 496 g/mol. The number of alkyl halides is 2. The fourth-order valence-electron chi connectivity index (χ4n) is 4.01. The van der Waals surface area contributed by atoms with Gasteiger partial charge in [0.1, 0.15) is 11.3 Å². The summed E-state index contributed by atoms with van der Waals surface area (Å²) in [6, 6.07) is 8.83. The Morgan fingerprint density at radius 2 is 1.81 bits per heavy atom. The average Bonchev–Trinajstić information content (AvgIpc) is 3.27. The number of allylic oxidation sites excluding steroid dienone is 1. The lowest BCUT2D eigenvalue weighted by molar-refractivity contribution is 0.161. The summed E-state index contributed by atoms with van der Waals surface area (Å²) in [7, 11) is 3.20. The smallest absolute Gasteiger partial charge is 0.331 e. The van der Waals surface area contributed by atoms with Gasteiger partial charge in [-0.2, -0.15) is 8.78 Å². The van der Waals surface area contributed by atoms with Crippen molar-refractivity contribution in [2.45, 2.75) is 20.4 Å². The number of nitrogens with two attached hydrogens (primary N) is 1. The van der Waals surface area contributed by atoms with Crippen LogP contribution in [-0.4, -0.2) is 26.9 Å². The van der Waals surface area contributed by atoms with Crippen LogP contribution < -0.4 is 21.6 Å². The van der Waals surface area contributed by atoms with E-state index in [4.69, 9.17) is 10.5 Å². The Bertz CT molecular complexity index is 1630. The molecule has 0 atom stereocenters. The second-order valence-corrected chi connectivity index (χ2v) is 8.43. The highest BCUT2D eigenvalue weighted by Gasteiger charge is 2.19. The Labute approximate surface area is 206 Å². The van der Waals surface area contributed by atoms with Gasteiger partial charge in [-0.25, -0.2) is 4.99 Å². The maximum Gasteiger partial charge on any atom is 0.331 e. The maximum atomic E-state index is 12.9. The summed E-state index contributed by atoms with van der Waals surface area (Å²) in [6.07, 6.45) is 5.25. The number of nitrogens with zero attached hydrogens (tertiary/aromatic N) is 3. The van der Waals surface area contributed by atoms with Crippen molar-refractivity contribution in [2.24, 2.45) is 24.8 Å². The van der Waals surface area contributed by atoms with Crippen molar-refractivity contribution in [3.63, 3.8) is 0 Å². The quantitative estimate of drug-likeness (QED) is 0.304. The Morgan fingerprint density at radius 3 is 2.44 bits per heavy atom. The van der Waals surface area contributed by atoms with Crippen LogP contribution in [0, 0.1) is 13.8 Å². The molecule has 0 bridgehead atoms. The third kappa shape index (κ3) is 4.57. The minimum atomic E-state index is -2.90. The van der Waals surface area contributed by atoms with Gasteiger partial charge in [-0.1, -0.05) is 18.2 Å². The van der Waals surface area contributed by atoms with E-state index >= 15 is 0 Å². The summed E-state index contributed by atoms with van der Waals surface area (Å²) in [5.41, 5.74) is 8.57. The first kappa shape index (κ1) is 24.6. The lowest BCUT2D eigenvalue weighted by Gasteiger charge is -2.17. The van der Waals surface area contributed by atoms with E-state index in [1.54, 1.807) is 32.6 Å². The largest absolute Gasteiger partial charge is 0.455 e. The molecule has 0 saturated heterocycles. The Balaban J connectivity index is 0.00000380. The van der Waals surface area contributed by atoms with Crippen molar-refractivity contribution in [3.05, 3.63) is 86.5 Å². The number of rotatable bonds is 6. The first-order chi connectivity index (χ1) is 17.1. The van der Waals surface area contributed by atoms with Gasteiger partial charge >= 0.3 is 6.55 Å². The van der Waals surface area contributed by atoms with Gasteiger partial charge in [0.2, 0.25) is 0 Å². The van der Waals surface area contributed by atoms with Crippen LogP contribution >= 0.6 is 0 Å². The van der Waals surface area contributed by atoms with Crippen molar-refractivity contribution >= 4 is 22.7 Å². The number of fused-ring (bicyclic) bond motifs is 1. The van der Waals surface area contributed by atoms with Crippen LogP contribution in [0.1, 0.15) is 18.2 Å². The summed E-state index contributed by atoms with van der Waals surface area (Å²) < 4.78 is 34.4.